The second-order valence-corrected chi connectivity index (χ2v) is 5.94. The van der Waals surface area contributed by atoms with Crippen LogP contribution in [0.4, 0.5) is 0 Å². The Morgan fingerprint density at radius 2 is 2.00 bits per heavy atom. The van der Waals surface area contributed by atoms with E-state index in [1.165, 1.54) is 22.9 Å². The summed E-state index contributed by atoms with van der Waals surface area (Å²) in [5.41, 5.74) is 1.23. The number of nitrogens with zero attached hydrogens (tertiary/aromatic N) is 1. The summed E-state index contributed by atoms with van der Waals surface area (Å²) in [5, 5.41) is 1.29. The molecule has 0 spiro atoms. The maximum Gasteiger partial charge on any atom is 0.308 e. The van der Waals surface area contributed by atoms with E-state index in [1.54, 1.807) is 11.5 Å². The molecule has 1 aromatic heterocycles. The quantitative estimate of drug-likeness (QED) is 0.784. The minimum Gasteiger partial charge on any atom is -0.469 e. The lowest BCUT2D eigenvalue weighted by atomic mass is 9.80. The summed E-state index contributed by atoms with van der Waals surface area (Å²) in [6, 6.07) is 8.40. The van der Waals surface area contributed by atoms with Crippen molar-refractivity contribution in [3.05, 3.63) is 30.0 Å². The van der Waals surface area contributed by atoms with Crippen LogP contribution in [0.3, 0.4) is 0 Å². The molecule has 1 fully saturated rings. The first-order chi connectivity index (χ1) is 9.29. The third-order valence-electron chi connectivity index (χ3n) is 4.05. The van der Waals surface area contributed by atoms with E-state index in [1.807, 2.05) is 0 Å². The van der Waals surface area contributed by atoms with E-state index >= 15 is 0 Å². The SMILES string of the molecule is COC(=O)C1CCC(c2nsc3ccccc23)CC1. The van der Waals surface area contributed by atoms with Gasteiger partial charge >= 0.3 is 5.97 Å². The van der Waals surface area contributed by atoms with Gasteiger partial charge in [-0.3, -0.25) is 4.79 Å². The van der Waals surface area contributed by atoms with Crippen LogP contribution in [-0.2, 0) is 9.53 Å². The number of hydrogen-bond donors (Lipinski definition) is 0. The van der Waals surface area contributed by atoms with Gasteiger partial charge in [-0.25, -0.2) is 0 Å². The summed E-state index contributed by atoms with van der Waals surface area (Å²) >= 11 is 1.58. The molecule has 0 radical (unpaired) electrons. The molecule has 1 aromatic carbocycles. The number of fused-ring (bicyclic) bond motifs is 1. The number of carbonyl (C=O) groups excluding carboxylic acids is 1. The van der Waals surface area contributed by atoms with E-state index in [9.17, 15) is 4.79 Å². The number of carbonyl (C=O) groups is 1. The first-order valence-corrected chi connectivity index (χ1v) is 7.49. The van der Waals surface area contributed by atoms with Crippen LogP contribution in [0, 0.1) is 5.92 Å². The lowest BCUT2D eigenvalue weighted by molar-refractivity contribution is -0.146. The van der Waals surface area contributed by atoms with Gasteiger partial charge in [0.05, 0.1) is 23.4 Å². The Morgan fingerprint density at radius 1 is 1.26 bits per heavy atom. The van der Waals surface area contributed by atoms with E-state index < -0.39 is 0 Å². The molecule has 1 aliphatic rings. The summed E-state index contributed by atoms with van der Waals surface area (Å²) in [6.07, 6.45) is 3.91. The van der Waals surface area contributed by atoms with Gasteiger partial charge in [0.25, 0.3) is 0 Å². The predicted molar refractivity (Wildman–Crippen MR) is 76.3 cm³/mol. The molecule has 3 nitrogen and oxygen atoms in total. The highest BCUT2D eigenvalue weighted by molar-refractivity contribution is 7.13. The van der Waals surface area contributed by atoms with E-state index in [4.69, 9.17) is 4.74 Å². The third kappa shape index (κ3) is 2.37. The maximum absolute atomic E-state index is 11.5. The number of ether oxygens (including phenoxy) is 1. The van der Waals surface area contributed by atoms with Gasteiger partial charge in [-0.05, 0) is 43.3 Å². The van der Waals surface area contributed by atoms with Gasteiger partial charge in [0.15, 0.2) is 0 Å². The van der Waals surface area contributed by atoms with E-state index in [0.717, 1.165) is 25.7 Å². The van der Waals surface area contributed by atoms with Crippen LogP contribution in [0.5, 0.6) is 0 Å². The Kier molecular flexibility index (Phi) is 3.51. The van der Waals surface area contributed by atoms with Crippen molar-refractivity contribution >= 4 is 27.6 Å². The van der Waals surface area contributed by atoms with Gasteiger partial charge in [0.1, 0.15) is 0 Å². The van der Waals surface area contributed by atoms with Crippen molar-refractivity contribution < 1.29 is 9.53 Å². The molecule has 0 aliphatic heterocycles. The molecule has 1 saturated carbocycles. The topological polar surface area (TPSA) is 39.2 Å². The average Bonchev–Trinajstić information content (AvgIpc) is 2.90. The number of rotatable bonds is 2. The van der Waals surface area contributed by atoms with Crippen LogP contribution in [0.1, 0.15) is 37.3 Å². The molecule has 1 aliphatic carbocycles. The highest BCUT2D eigenvalue weighted by Gasteiger charge is 2.29. The molecular weight excluding hydrogens is 258 g/mol. The fraction of sp³-hybridized carbons (Fsp3) is 0.467. The molecule has 2 aromatic rings. The van der Waals surface area contributed by atoms with Crippen LogP contribution in [0.2, 0.25) is 0 Å². The van der Waals surface area contributed by atoms with Crippen molar-refractivity contribution in [3.63, 3.8) is 0 Å². The molecule has 0 saturated heterocycles. The van der Waals surface area contributed by atoms with Gasteiger partial charge in [-0.1, -0.05) is 18.2 Å². The first kappa shape index (κ1) is 12.6. The van der Waals surface area contributed by atoms with Crippen LogP contribution < -0.4 is 0 Å². The summed E-state index contributed by atoms with van der Waals surface area (Å²) in [5.74, 6) is 0.532. The summed E-state index contributed by atoms with van der Waals surface area (Å²) in [7, 11) is 1.47. The Morgan fingerprint density at radius 3 is 2.74 bits per heavy atom. The van der Waals surface area contributed by atoms with Crippen molar-refractivity contribution in [2.75, 3.05) is 7.11 Å². The Hall–Kier alpha value is -1.42. The molecule has 1 heterocycles. The third-order valence-corrected chi connectivity index (χ3v) is 4.89. The molecule has 3 rings (SSSR count). The molecule has 0 unspecified atom stereocenters. The van der Waals surface area contributed by atoms with Crippen molar-refractivity contribution in [1.29, 1.82) is 0 Å². The molecule has 100 valence electrons. The van der Waals surface area contributed by atoms with Crippen LogP contribution in [-0.4, -0.2) is 17.5 Å². The van der Waals surface area contributed by atoms with Gasteiger partial charge in [-0.15, -0.1) is 0 Å². The van der Waals surface area contributed by atoms with Gasteiger partial charge in [0.2, 0.25) is 0 Å². The summed E-state index contributed by atoms with van der Waals surface area (Å²) in [4.78, 5) is 11.5. The fourth-order valence-corrected chi connectivity index (χ4v) is 3.82. The number of aromatic nitrogens is 1. The molecule has 0 amide bonds. The Labute approximate surface area is 116 Å². The van der Waals surface area contributed by atoms with Crippen molar-refractivity contribution in [3.8, 4) is 0 Å². The standard InChI is InChI=1S/C15H17NO2S/c1-18-15(17)11-8-6-10(7-9-11)14-12-4-2-3-5-13(12)19-16-14/h2-5,10-11H,6-9H2,1H3. The zero-order valence-corrected chi connectivity index (χ0v) is 11.8. The highest BCUT2D eigenvalue weighted by atomic mass is 32.1. The second-order valence-electron chi connectivity index (χ2n) is 5.14. The van der Waals surface area contributed by atoms with Crippen LogP contribution >= 0.6 is 11.5 Å². The average molecular weight is 275 g/mol. The zero-order valence-electron chi connectivity index (χ0n) is 11.0. The smallest absolute Gasteiger partial charge is 0.308 e. The van der Waals surface area contributed by atoms with Crippen molar-refractivity contribution in [2.45, 2.75) is 31.6 Å². The van der Waals surface area contributed by atoms with Gasteiger partial charge in [-0.2, -0.15) is 4.37 Å². The van der Waals surface area contributed by atoms with E-state index in [0.29, 0.717) is 5.92 Å². The maximum atomic E-state index is 11.5. The summed E-state index contributed by atoms with van der Waals surface area (Å²) in [6.45, 7) is 0. The van der Waals surface area contributed by atoms with Crippen molar-refractivity contribution in [1.82, 2.24) is 4.37 Å². The van der Waals surface area contributed by atoms with E-state index in [2.05, 4.69) is 28.6 Å². The first-order valence-electron chi connectivity index (χ1n) is 6.71. The molecule has 0 atom stereocenters. The monoisotopic (exact) mass is 275 g/mol. The lowest BCUT2D eigenvalue weighted by Crippen LogP contribution is -2.22. The molecule has 0 N–H and O–H groups in total. The highest BCUT2D eigenvalue weighted by Crippen LogP contribution is 2.39. The van der Waals surface area contributed by atoms with Crippen LogP contribution in [0.25, 0.3) is 10.1 Å². The van der Waals surface area contributed by atoms with Gasteiger partial charge < -0.3 is 4.74 Å². The fourth-order valence-electron chi connectivity index (χ4n) is 2.97. The minimum absolute atomic E-state index is 0.0541. The largest absolute Gasteiger partial charge is 0.469 e. The Bertz CT molecular complexity index is 585. The molecule has 4 heteroatoms. The normalized spacial score (nSPS) is 23.4. The molecule has 19 heavy (non-hydrogen) atoms. The Balaban J connectivity index is 1.77. The molecule has 0 bridgehead atoms. The minimum atomic E-state index is -0.0541. The number of esters is 1. The van der Waals surface area contributed by atoms with Crippen LogP contribution in [0.15, 0.2) is 24.3 Å². The van der Waals surface area contributed by atoms with Crippen molar-refractivity contribution in [2.24, 2.45) is 5.92 Å². The second kappa shape index (κ2) is 5.29. The number of benzene rings is 1. The van der Waals surface area contributed by atoms with E-state index in [-0.39, 0.29) is 11.9 Å². The molecular formula is C15H17NO2S. The van der Waals surface area contributed by atoms with Gasteiger partial charge in [0, 0.05) is 11.3 Å². The zero-order chi connectivity index (χ0) is 13.2. The number of hydrogen-bond acceptors (Lipinski definition) is 4. The predicted octanol–water partition coefficient (Wildman–Crippen LogP) is 3.74. The number of methoxy groups -OCH3 is 1. The summed E-state index contributed by atoms with van der Waals surface area (Å²) < 4.78 is 10.7. The lowest BCUT2D eigenvalue weighted by Gasteiger charge is -2.25.